The Hall–Kier alpha value is -1.85. The number of amides is 1. The van der Waals surface area contributed by atoms with Crippen molar-refractivity contribution >= 4 is 5.91 Å². The second-order valence-corrected chi connectivity index (χ2v) is 6.29. The van der Waals surface area contributed by atoms with Crippen LogP contribution in [0.3, 0.4) is 0 Å². The Morgan fingerprint density at radius 2 is 2.35 bits per heavy atom. The largest absolute Gasteiger partial charge is 0.497 e. The fourth-order valence-electron chi connectivity index (χ4n) is 3.54. The standard InChI is InChI=1S/C18H23NO4/c1-3-5-17(21)19-10-16(20)18(12-19)9-14(11-23-18)13-6-4-7-15(8-13)22-2/h3-8,14,16,20H,9-12H2,1-2H3/b5-3+/t14-,16-,18-/m1/s1. The van der Waals surface area contributed by atoms with Crippen LogP contribution in [0.15, 0.2) is 36.4 Å². The SMILES string of the molecule is C/C=C/C(=O)N1C[C@@H](O)[C@@]2(C[C@@H](c3cccc(OC)c3)CO2)C1. The van der Waals surface area contributed by atoms with E-state index in [4.69, 9.17) is 9.47 Å². The van der Waals surface area contributed by atoms with Gasteiger partial charge < -0.3 is 19.5 Å². The predicted molar refractivity (Wildman–Crippen MR) is 86.4 cm³/mol. The average molecular weight is 317 g/mol. The fraction of sp³-hybridized carbons (Fsp3) is 0.500. The molecule has 5 nitrogen and oxygen atoms in total. The summed E-state index contributed by atoms with van der Waals surface area (Å²) in [5, 5.41) is 10.5. The number of aliphatic hydroxyl groups excluding tert-OH is 1. The van der Waals surface area contributed by atoms with E-state index in [1.807, 2.05) is 25.1 Å². The molecule has 1 spiro atoms. The normalized spacial score (nSPS) is 30.5. The zero-order chi connectivity index (χ0) is 16.4. The van der Waals surface area contributed by atoms with Crippen molar-refractivity contribution in [3.63, 3.8) is 0 Å². The van der Waals surface area contributed by atoms with Gasteiger partial charge in [-0.05, 0) is 37.1 Å². The highest BCUT2D eigenvalue weighted by atomic mass is 16.5. The molecule has 2 fully saturated rings. The van der Waals surface area contributed by atoms with Crippen molar-refractivity contribution in [2.24, 2.45) is 0 Å². The maximum absolute atomic E-state index is 12.0. The summed E-state index contributed by atoms with van der Waals surface area (Å²) in [6.07, 6.45) is 3.31. The Kier molecular flexibility index (Phi) is 4.41. The molecule has 1 aromatic carbocycles. The Bertz CT molecular complexity index is 615. The minimum absolute atomic E-state index is 0.0724. The van der Waals surface area contributed by atoms with Crippen LogP contribution in [0.5, 0.6) is 5.75 Å². The van der Waals surface area contributed by atoms with Crippen molar-refractivity contribution in [1.29, 1.82) is 0 Å². The number of carbonyl (C=O) groups excluding carboxylic acids is 1. The van der Waals surface area contributed by atoms with Gasteiger partial charge in [-0.2, -0.15) is 0 Å². The van der Waals surface area contributed by atoms with Gasteiger partial charge in [-0.15, -0.1) is 0 Å². The van der Waals surface area contributed by atoms with E-state index in [0.717, 1.165) is 11.3 Å². The molecule has 2 heterocycles. The van der Waals surface area contributed by atoms with Crippen molar-refractivity contribution in [2.75, 3.05) is 26.8 Å². The zero-order valence-corrected chi connectivity index (χ0v) is 13.6. The number of carbonyl (C=O) groups is 1. The number of hydrogen-bond donors (Lipinski definition) is 1. The molecule has 0 aliphatic carbocycles. The summed E-state index contributed by atoms with van der Waals surface area (Å²) in [5.74, 6) is 0.952. The number of allylic oxidation sites excluding steroid dienone is 1. The first-order chi connectivity index (χ1) is 11.1. The van der Waals surface area contributed by atoms with Crippen LogP contribution in [-0.2, 0) is 9.53 Å². The summed E-state index contributed by atoms with van der Waals surface area (Å²) in [7, 11) is 1.65. The summed E-state index contributed by atoms with van der Waals surface area (Å²) in [5.41, 5.74) is 0.497. The van der Waals surface area contributed by atoms with E-state index < -0.39 is 11.7 Å². The molecule has 3 atom stereocenters. The molecule has 23 heavy (non-hydrogen) atoms. The van der Waals surface area contributed by atoms with Gasteiger partial charge in [0.25, 0.3) is 0 Å². The molecule has 1 amide bonds. The lowest BCUT2D eigenvalue weighted by atomic mass is 9.87. The predicted octanol–water partition coefficient (Wildman–Crippen LogP) is 1.72. The van der Waals surface area contributed by atoms with Crippen LogP contribution in [0.1, 0.15) is 24.8 Å². The molecule has 5 heteroatoms. The van der Waals surface area contributed by atoms with Crippen LogP contribution in [0.25, 0.3) is 0 Å². The summed E-state index contributed by atoms with van der Waals surface area (Å²) < 4.78 is 11.3. The second kappa shape index (κ2) is 6.34. The van der Waals surface area contributed by atoms with Gasteiger partial charge in [0, 0.05) is 12.5 Å². The Morgan fingerprint density at radius 3 is 3.09 bits per heavy atom. The first-order valence-electron chi connectivity index (χ1n) is 7.95. The van der Waals surface area contributed by atoms with Crippen LogP contribution in [-0.4, -0.2) is 54.4 Å². The van der Waals surface area contributed by atoms with Crippen LogP contribution in [0.2, 0.25) is 0 Å². The lowest BCUT2D eigenvalue weighted by molar-refractivity contribution is -0.126. The highest BCUT2D eigenvalue weighted by molar-refractivity contribution is 5.87. The molecule has 3 rings (SSSR count). The third kappa shape index (κ3) is 2.99. The lowest BCUT2D eigenvalue weighted by Gasteiger charge is -2.25. The molecule has 0 aromatic heterocycles. The van der Waals surface area contributed by atoms with Gasteiger partial charge in [0.05, 0.1) is 20.3 Å². The van der Waals surface area contributed by atoms with Gasteiger partial charge in [-0.1, -0.05) is 18.2 Å². The Labute approximate surface area is 136 Å². The number of aliphatic hydroxyl groups is 1. The number of likely N-dealkylation sites (tertiary alicyclic amines) is 1. The van der Waals surface area contributed by atoms with Crippen molar-refractivity contribution in [1.82, 2.24) is 4.90 Å². The minimum atomic E-state index is -0.648. The lowest BCUT2D eigenvalue weighted by Crippen LogP contribution is -2.41. The molecule has 1 N–H and O–H groups in total. The van der Waals surface area contributed by atoms with E-state index in [1.54, 1.807) is 18.1 Å². The zero-order valence-electron chi connectivity index (χ0n) is 13.6. The molecule has 2 saturated heterocycles. The first-order valence-corrected chi connectivity index (χ1v) is 7.95. The number of β-amino-alcohol motifs (C(OH)–C–C–N with tert-alkyl or cyclic N) is 1. The van der Waals surface area contributed by atoms with E-state index in [2.05, 4.69) is 6.07 Å². The van der Waals surface area contributed by atoms with Crippen molar-refractivity contribution in [3.8, 4) is 5.75 Å². The highest BCUT2D eigenvalue weighted by Crippen LogP contribution is 2.42. The van der Waals surface area contributed by atoms with Crippen LogP contribution >= 0.6 is 0 Å². The monoisotopic (exact) mass is 317 g/mol. The highest BCUT2D eigenvalue weighted by Gasteiger charge is 2.52. The van der Waals surface area contributed by atoms with Crippen molar-refractivity contribution < 1.29 is 19.4 Å². The van der Waals surface area contributed by atoms with Gasteiger partial charge in [0.2, 0.25) is 5.91 Å². The van der Waals surface area contributed by atoms with Crippen molar-refractivity contribution in [2.45, 2.75) is 31.0 Å². The maximum atomic E-state index is 12.0. The topological polar surface area (TPSA) is 59.0 Å². The molecule has 0 bridgehead atoms. The van der Waals surface area contributed by atoms with Crippen LogP contribution in [0, 0.1) is 0 Å². The van der Waals surface area contributed by atoms with E-state index in [9.17, 15) is 9.90 Å². The van der Waals surface area contributed by atoms with E-state index in [1.165, 1.54) is 6.08 Å². The molecule has 1 aromatic rings. The molecule has 2 aliphatic heterocycles. The second-order valence-electron chi connectivity index (χ2n) is 6.29. The molecule has 0 saturated carbocycles. The number of benzene rings is 1. The van der Waals surface area contributed by atoms with Crippen LogP contribution < -0.4 is 4.74 Å². The molecule has 2 aliphatic rings. The van der Waals surface area contributed by atoms with Gasteiger partial charge in [-0.25, -0.2) is 0 Å². The number of hydrogen-bond acceptors (Lipinski definition) is 4. The molecule has 124 valence electrons. The minimum Gasteiger partial charge on any atom is -0.497 e. The third-order valence-electron chi connectivity index (χ3n) is 4.81. The summed E-state index contributed by atoms with van der Waals surface area (Å²) >= 11 is 0. The molecular formula is C18H23NO4. The van der Waals surface area contributed by atoms with Crippen LogP contribution in [0.4, 0.5) is 0 Å². The van der Waals surface area contributed by atoms with Gasteiger partial charge in [-0.3, -0.25) is 4.79 Å². The number of nitrogens with zero attached hydrogens (tertiary/aromatic N) is 1. The Balaban J connectivity index is 1.74. The smallest absolute Gasteiger partial charge is 0.246 e. The maximum Gasteiger partial charge on any atom is 0.246 e. The number of methoxy groups -OCH3 is 1. The number of rotatable bonds is 3. The van der Waals surface area contributed by atoms with E-state index in [0.29, 0.717) is 26.1 Å². The summed E-state index contributed by atoms with van der Waals surface area (Å²) in [4.78, 5) is 13.7. The van der Waals surface area contributed by atoms with Crippen molar-refractivity contribution in [3.05, 3.63) is 42.0 Å². The Morgan fingerprint density at radius 1 is 1.52 bits per heavy atom. The quantitative estimate of drug-likeness (QED) is 0.863. The van der Waals surface area contributed by atoms with Gasteiger partial charge in [0.15, 0.2) is 0 Å². The van der Waals surface area contributed by atoms with E-state index in [-0.39, 0.29) is 11.8 Å². The average Bonchev–Trinajstić information content (AvgIpc) is 3.13. The van der Waals surface area contributed by atoms with Gasteiger partial charge in [0.1, 0.15) is 17.5 Å². The molecule has 0 radical (unpaired) electrons. The molecule has 0 unspecified atom stereocenters. The third-order valence-corrected chi connectivity index (χ3v) is 4.81. The van der Waals surface area contributed by atoms with E-state index >= 15 is 0 Å². The first kappa shape index (κ1) is 16.0. The summed E-state index contributed by atoms with van der Waals surface area (Å²) in [6.45, 7) is 3.13. The van der Waals surface area contributed by atoms with Gasteiger partial charge >= 0.3 is 0 Å². The molecular weight excluding hydrogens is 294 g/mol. The summed E-state index contributed by atoms with van der Waals surface area (Å²) in [6, 6.07) is 7.94. The number of ether oxygens (including phenoxy) is 2. The fourth-order valence-corrected chi connectivity index (χ4v) is 3.54.